The molecule has 0 bridgehead atoms. The Kier molecular flexibility index (Phi) is 4.82. The van der Waals surface area contributed by atoms with Crippen molar-refractivity contribution < 1.29 is 4.74 Å². The molecule has 2 atom stereocenters. The zero-order valence-corrected chi connectivity index (χ0v) is 11.9. The van der Waals surface area contributed by atoms with Crippen LogP contribution in [0.5, 0.6) is 0 Å². The number of halogens is 1. The highest BCUT2D eigenvalue weighted by Crippen LogP contribution is 2.29. The fourth-order valence-corrected chi connectivity index (χ4v) is 3.75. The standard InChI is InChI=1S/C12H18BrNOS/c1-14-11(12-7-9(13)8-16-12)5-4-10-3-2-6-15-10/h7-8,10-11,14H,2-6H2,1H3. The smallest absolute Gasteiger partial charge is 0.0576 e. The number of nitrogens with one attached hydrogen (secondary N) is 1. The van der Waals surface area contributed by atoms with Gasteiger partial charge in [0.15, 0.2) is 0 Å². The minimum absolute atomic E-state index is 0.473. The van der Waals surface area contributed by atoms with Crippen LogP contribution in [-0.2, 0) is 4.74 Å². The molecule has 1 saturated heterocycles. The van der Waals surface area contributed by atoms with Gasteiger partial charge in [-0.05, 0) is 54.7 Å². The highest BCUT2D eigenvalue weighted by atomic mass is 79.9. The molecule has 0 spiro atoms. The Labute approximate surface area is 110 Å². The molecule has 2 unspecified atom stereocenters. The minimum Gasteiger partial charge on any atom is -0.378 e. The van der Waals surface area contributed by atoms with Crippen molar-refractivity contribution in [2.45, 2.75) is 37.8 Å². The van der Waals surface area contributed by atoms with E-state index in [4.69, 9.17) is 4.74 Å². The second-order valence-corrected chi connectivity index (χ2v) is 6.08. The van der Waals surface area contributed by atoms with Crippen molar-refractivity contribution >= 4 is 27.3 Å². The summed E-state index contributed by atoms with van der Waals surface area (Å²) in [5.41, 5.74) is 0. The van der Waals surface area contributed by atoms with E-state index in [1.54, 1.807) is 0 Å². The molecule has 4 heteroatoms. The fraction of sp³-hybridized carbons (Fsp3) is 0.667. The highest BCUT2D eigenvalue weighted by molar-refractivity contribution is 9.10. The monoisotopic (exact) mass is 303 g/mol. The van der Waals surface area contributed by atoms with Crippen molar-refractivity contribution in [3.05, 3.63) is 20.8 Å². The van der Waals surface area contributed by atoms with E-state index in [-0.39, 0.29) is 0 Å². The zero-order valence-electron chi connectivity index (χ0n) is 9.54. The van der Waals surface area contributed by atoms with Crippen molar-refractivity contribution in [3.8, 4) is 0 Å². The summed E-state index contributed by atoms with van der Waals surface area (Å²) >= 11 is 5.32. The number of thiophene rings is 1. The quantitative estimate of drug-likeness (QED) is 0.895. The molecule has 2 heterocycles. The molecular formula is C12H18BrNOS. The van der Waals surface area contributed by atoms with Crippen molar-refractivity contribution in [1.82, 2.24) is 5.32 Å². The van der Waals surface area contributed by atoms with Crippen molar-refractivity contribution in [2.75, 3.05) is 13.7 Å². The van der Waals surface area contributed by atoms with Crippen molar-refractivity contribution in [3.63, 3.8) is 0 Å². The normalized spacial score (nSPS) is 22.5. The predicted molar refractivity (Wildman–Crippen MR) is 72.0 cm³/mol. The van der Waals surface area contributed by atoms with Gasteiger partial charge in [-0.25, -0.2) is 0 Å². The lowest BCUT2D eigenvalue weighted by Gasteiger charge is -2.16. The third-order valence-corrected chi connectivity index (χ3v) is 4.89. The van der Waals surface area contributed by atoms with Gasteiger partial charge < -0.3 is 10.1 Å². The van der Waals surface area contributed by atoms with E-state index < -0.39 is 0 Å². The SMILES string of the molecule is CNC(CCC1CCCO1)c1cc(Br)cs1. The molecule has 1 aromatic rings. The number of rotatable bonds is 5. The average Bonchev–Trinajstić information content (AvgIpc) is 2.91. The minimum atomic E-state index is 0.473. The van der Waals surface area contributed by atoms with Gasteiger partial charge in [0.05, 0.1) is 6.10 Å². The van der Waals surface area contributed by atoms with Crippen LogP contribution in [0.25, 0.3) is 0 Å². The Morgan fingerprint density at radius 2 is 2.56 bits per heavy atom. The van der Waals surface area contributed by atoms with Crippen LogP contribution < -0.4 is 5.32 Å². The van der Waals surface area contributed by atoms with Gasteiger partial charge >= 0.3 is 0 Å². The summed E-state index contributed by atoms with van der Waals surface area (Å²) in [6, 6.07) is 2.68. The van der Waals surface area contributed by atoms with Gasteiger partial charge in [-0.3, -0.25) is 0 Å². The van der Waals surface area contributed by atoms with E-state index in [1.165, 1.54) is 28.6 Å². The van der Waals surface area contributed by atoms with Crippen LogP contribution >= 0.6 is 27.3 Å². The Morgan fingerprint density at radius 3 is 3.12 bits per heavy atom. The maximum atomic E-state index is 5.66. The Bertz CT molecular complexity index is 323. The fourth-order valence-electron chi connectivity index (χ4n) is 2.16. The maximum absolute atomic E-state index is 5.66. The highest BCUT2D eigenvalue weighted by Gasteiger charge is 2.18. The van der Waals surface area contributed by atoms with Gasteiger partial charge in [-0.1, -0.05) is 0 Å². The molecule has 1 aromatic heterocycles. The van der Waals surface area contributed by atoms with Gasteiger partial charge in [0.25, 0.3) is 0 Å². The topological polar surface area (TPSA) is 21.3 Å². The van der Waals surface area contributed by atoms with Crippen LogP contribution in [0.4, 0.5) is 0 Å². The summed E-state index contributed by atoms with van der Waals surface area (Å²) in [7, 11) is 2.04. The Hall–Kier alpha value is 0.1000. The van der Waals surface area contributed by atoms with Crippen LogP contribution in [0.2, 0.25) is 0 Å². The first-order chi connectivity index (χ1) is 7.79. The molecule has 0 radical (unpaired) electrons. The van der Waals surface area contributed by atoms with Gasteiger partial charge in [0.1, 0.15) is 0 Å². The van der Waals surface area contributed by atoms with E-state index in [1.807, 2.05) is 18.4 Å². The predicted octanol–water partition coefficient (Wildman–Crippen LogP) is 3.73. The molecule has 90 valence electrons. The summed E-state index contributed by atoms with van der Waals surface area (Å²) in [5.74, 6) is 0. The van der Waals surface area contributed by atoms with Crippen LogP contribution in [0.1, 0.15) is 36.6 Å². The molecule has 0 amide bonds. The van der Waals surface area contributed by atoms with Crippen LogP contribution in [0.3, 0.4) is 0 Å². The molecule has 2 rings (SSSR count). The number of hydrogen-bond donors (Lipinski definition) is 1. The molecule has 0 aromatic carbocycles. The number of hydrogen-bond acceptors (Lipinski definition) is 3. The van der Waals surface area contributed by atoms with E-state index in [0.717, 1.165) is 13.0 Å². The molecule has 16 heavy (non-hydrogen) atoms. The average molecular weight is 304 g/mol. The lowest BCUT2D eigenvalue weighted by atomic mass is 10.1. The van der Waals surface area contributed by atoms with Crippen LogP contribution in [-0.4, -0.2) is 19.8 Å². The van der Waals surface area contributed by atoms with E-state index >= 15 is 0 Å². The Balaban J connectivity index is 1.85. The van der Waals surface area contributed by atoms with E-state index in [0.29, 0.717) is 12.1 Å². The summed E-state index contributed by atoms with van der Waals surface area (Å²) in [5, 5.41) is 5.53. The first-order valence-corrected chi connectivity index (χ1v) is 7.49. The molecule has 1 N–H and O–H groups in total. The summed E-state index contributed by atoms with van der Waals surface area (Å²) in [4.78, 5) is 1.41. The lowest BCUT2D eigenvalue weighted by molar-refractivity contribution is 0.0999. The maximum Gasteiger partial charge on any atom is 0.0576 e. The van der Waals surface area contributed by atoms with Crippen molar-refractivity contribution in [2.24, 2.45) is 0 Å². The molecule has 1 fully saturated rings. The molecule has 1 aliphatic heterocycles. The summed E-state index contributed by atoms with van der Waals surface area (Å²) in [6.45, 7) is 0.958. The third-order valence-electron chi connectivity index (χ3n) is 3.08. The molecule has 0 aliphatic carbocycles. The lowest BCUT2D eigenvalue weighted by Crippen LogP contribution is -2.17. The largest absolute Gasteiger partial charge is 0.378 e. The summed E-state index contributed by atoms with van der Waals surface area (Å²) < 4.78 is 6.84. The van der Waals surface area contributed by atoms with E-state index in [9.17, 15) is 0 Å². The van der Waals surface area contributed by atoms with Gasteiger partial charge in [0, 0.05) is 27.4 Å². The second kappa shape index (κ2) is 6.15. The van der Waals surface area contributed by atoms with Crippen LogP contribution in [0, 0.1) is 0 Å². The summed E-state index contributed by atoms with van der Waals surface area (Å²) in [6.07, 6.45) is 5.30. The second-order valence-electron chi connectivity index (χ2n) is 4.22. The zero-order chi connectivity index (χ0) is 11.4. The molecule has 0 saturated carbocycles. The van der Waals surface area contributed by atoms with Crippen LogP contribution in [0.15, 0.2) is 15.9 Å². The van der Waals surface area contributed by atoms with Crippen molar-refractivity contribution in [1.29, 1.82) is 0 Å². The molecule has 1 aliphatic rings. The molecule has 2 nitrogen and oxygen atoms in total. The van der Waals surface area contributed by atoms with E-state index in [2.05, 4.69) is 32.7 Å². The van der Waals surface area contributed by atoms with Gasteiger partial charge in [-0.2, -0.15) is 0 Å². The van der Waals surface area contributed by atoms with Gasteiger partial charge in [-0.15, -0.1) is 11.3 Å². The first-order valence-electron chi connectivity index (χ1n) is 5.82. The third kappa shape index (κ3) is 3.29. The molecular weight excluding hydrogens is 286 g/mol. The Morgan fingerprint density at radius 1 is 1.69 bits per heavy atom. The number of ether oxygens (including phenoxy) is 1. The van der Waals surface area contributed by atoms with Gasteiger partial charge in [0.2, 0.25) is 0 Å². The first kappa shape index (κ1) is 12.6.